The first-order valence-corrected chi connectivity index (χ1v) is 39.3. The minimum absolute atomic E-state index is 0.118. The maximum Gasteiger partial charge on any atom is 0.305 e. The monoisotopic (exact) mass is 1660 g/mol. The highest BCUT2D eigenvalue weighted by Crippen LogP contribution is 2.47. The molecule has 7 aliphatic heterocycles. The molecule has 5 unspecified atom stereocenters. The van der Waals surface area contributed by atoms with Gasteiger partial charge in [-0.25, -0.2) is 0 Å². The minimum atomic E-state index is -1.13. The zero-order valence-electron chi connectivity index (χ0n) is 70.5. The molecule has 0 spiro atoms. The maximum absolute atomic E-state index is 11.3. The predicted octanol–water partition coefficient (Wildman–Crippen LogP) is 10.1. The molecule has 119 heavy (non-hydrogen) atoms. The fourth-order valence-electron chi connectivity index (χ4n) is 14.2. The number of ketones is 1. The van der Waals surface area contributed by atoms with E-state index in [0.717, 1.165) is 40.3 Å². The van der Waals surface area contributed by atoms with Gasteiger partial charge in [0.05, 0.1) is 52.9 Å². The number of fused-ring (bicyclic) bond motifs is 3. The highest BCUT2D eigenvalue weighted by molar-refractivity contribution is 5.72. The highest BCUT2D eigenvalue weighted by Gasteiger charge is 2.59. The Balaban J connectivity index is 0.000000196. The number of Topliss-reactive ketones (excluding diaryl/α,β-unsaturated/α-hetero) is 1. The molecule has 7 saturated heterocycles. The number of esters is 4. The number of ether oxygens (including phenoxy) is 22. The lowest BCUT2D eigenvalue weighted by Crippen LogP contribution is -2.42. The Hall–Kier alpha value is -8.42. The number of carbonyl (C=O) groups is 6. The summed E-state index contributed by atoms with van der Waals surface area (Å²) in [5, 5.41) is 18.3. The smallest absolute Gasteiger partial charge is 0.305 e. The van der Waals surface area contributed by atoms with E-state index in [0.29, 0.717) is 33.0 Å². The Labute approximate surface area is 695 Å². The van der Waals surface area contributed by atoms with Crippen molar-refractivity contribution in [3.63, 3.8) is 0 Å². The van der Waals surface area contributed by atoms with E-state index in [4.69, 9.17) is 114 Å². The van der Waals surface area contributed by atoms with Crippen LogP contribution in [0.3, 0.4) is 0 Å². The van der Waals surface area contributed by atoms with Crippen LogP contribution in [0.25, 0.3) is 0 Å². The summed E-state index contributed by atoms with van der Waals surface area (Å²) in [6.45, 7) is 22.9. The van der Waals surface area contributed by atoms with Crippen LogP contribution in [0.5, 0.6) is 0 Å². The van der Waals surface area contributed by atoms with Crippen molar-refractivity contribution in [2.75, 3.05) is 87.4 Å². The van der Waals surface area contributed by atoms with Crippen LogP contribution in [0.15, 0.2) is 182 Å². The average molecular weight is 1670 g/mol. The Kier molecular flexibility index (Phi) is 37.1. The fraction of sp³-hybridized carbons (Fsp3) is 0.528. The maximum atomic E-state index is 11.3. The number of methoxy groups -OCH3 is 3. The molecular formula is C89H116O30. The molecule has 7 fully saturated rings. The van der Waals surface area contributed by atoms with Crippen molar-refractivity contribution in [2.24, 2.45) is 0 Å². The van der Waals surface area contributed by atoms with E-state index in [1.165, 1.54) is 48.7 Å². The van der Waals surface area contributed by atoms with Crippen LogP contribution in [0.2, 0.25) is 0 Å². The molecule has 6 aromatic carbocycles. The summed E-state index contributed by atoms with van der Waals surface area (Å²) in [7, 11) is 4.77. The zero-order chi connectivity index (χ0) is 86.5. The van der Waals surface area contributed by atoms with Gasteiger partial charge in [0.1, 0.15) is 97.3 Å². The van der Waals surface area contributed by atoms with Gasteiger partial charge in [0.25, 0.3) is 5.97 Å². The first kappa shape index (κ1) is 96.0. The summed E-state index contributed by atoms with van der Waals surface area (Å²) in [6.07, 6.45) is -9.34. The van der Waals surface area contributed by atoms with Gasteiger partial charge in [0.15, 0.2) is 42.3 Å². The number of carbonyl (C=O) groups excluding carboxylic acids is 5. The van der Waals surface area contributed by atoms with Gasteiger partial charge in [-0.2, -0.15) is 0 Å². The lowest BCUT2D eigenvalue weighted by Gasteiger charge is -2.37. The van der Waals surface area contributed by atoms with Crippen LogP contribution in [-0.2, 0) is 144 Å². The van der Waals surface area contributed by atoms with Gasteiger partial charge < -0.3 is 119 Å². The first-order chi connectivity index (χ1) is 56.8. The number of carboxylic acid groups (broad SMARTS) is 1. The Morgan fingerprint density at radius 2 is 0.613 bits per heavy atom. The van der Waals surface area contributed by atoms with Crippen LogP contribution in [0, 0.1) is 0 Å². The van der Waals surface area contributed by atoms with Crippen molar-refractivity contribution in [1.29, 1.82) is 0 Å². The second-order valence-corrected chi connectivity index (χ2v) is 29.8. The molecular weight excluding hydrogens is 1550 g/mol. The van der Waals surface area contributed by atoms with Crippen molar-refractivity contribution in [2.45, 2.75) is 217 Å². The summed E-state index contributed by atoms with van der Waals surface area (Å²) in [6, 6.07) is 61.3. The van der Waals surface area contributed by atoms with Crippen molar-refractivity contribution in [3.8, 4) is 0 Å². The normalized spacial score (nSPS) is 26.2. The fourth-order valence-corrected chi connectivity index (χ4v) is 14.2. The van der Waals surface area contributed by atoms with Gasteiger partial charge >= 0.3 is 23.9 Å². The third-order valence-corrected chi connectivity index (χ3v) is 18.8. The number of carboxylic acids is 1. The summed E-state index contributed by atoms with van der Waals surface area (Å²) < 4.78 is 125. The van der Waals surface area contributed by atoms with E-state index in [-0.39, 0.29) is 75.3 Å². The van der Waals surface area contributed by atoms with Gasteiger partial charge in [-0.3, -0.25) is 24.0 Å². The Morgan fingerprint density at radius 3 is 0.908 bits per heavy atom. The highest BCUT2D eigenvalue weighted by atomic mass is 16.9. The summed E-state index contributed by atoms with van der Waals surface area (Å²) >= 11 is 0. The minimum Gasteiger partial charge on any atom is -0.481 e. The number of aliphatic hydroxyl groups excluding tert-OH is 1. The molecule has 0 saturated carbocycles. The largest absolute Gasteiger partial charge is 0.481 e. The standard InChI is InChI=1S/C30H34O6.C27H28O5.C14H22O9.C13H22O7.C3H6O.C2H4O2/c1-29(2)35-27-26(32-20-19-31-3)25(34-28(27)36-29)21-33-30(22-13-7-4-8-14-22,23-15-9-5-10-16-23)24-17-11-6-12-18-24;1-26(2)31-24-23(28)22(30-25(24)32-26)18-29-27(19-12-6-3-7-13-19,20-14-8-4-9-15-20)21-16-10-5-11-17-21;1-8(15)20-7-11-12(19-6-5-18-4)13(21-9(2)16)14(23-11)22-10(3)17;1-8(14)17-7-9-10(16-6-5-15-4)11-12(18-9)20-13(2,3)19-11;1-3(2)4;1-2(3)4/h4-18,25-28H,19-21H2,1-3H3;3-17,22-25,28H,18H2,1-2H3;11-14H,5-7H2,1-4H3;9-12H,5-7H2,1-4H3;1-2H3;1H3,(H,3,4)/t25-,26+,27-,28?;22-,23+,24-,25?;11-,12+,13?,14?;9-,10+,11-,12?;;/m1111../s1. The van der Waals surface area contributed by atoms with E-state index in [1.54, 1.807) is 14.2 Å². The third-order valence-electron chi connectivity index (χ3n) is 18.8. The van der Waals surface area contributed by atoms with Crippen molar-refractivity contribution < 1.29 is 143 Å². The molecule has 2 N–H and O–H groups in total. The van der Waals surface area contributed by atoms with E-state index < -0.39 is 120 Å². The summed E-state index contributed by atoms with van der Waals surface area (Å²) in [4.78, 5) is 62.8. The molecule has 16 atom stereocenters. The van der Waals surface area contributed by atoms with Crippen LogP contribution >= 0.6 is 0 Å². The molecule has 0 radical (unpaired) electrons. The summed E-state index contributed by atoms with van der Waals surface area (Å²) in [5.41, 5.74) is 4.38. The predicted molar refractivity (Wildman–Crippen MR) is 426 cm³/mol. The quantitative estimate of drug-likeness (QED) is 0.0183. The second kappa shape index (κ2) is 46.0. The lowest BCUT2D eigenvalue weighted by molar-refractivity contribution is -0.227. The van der Waals surface area contributed by atoms with Crippen LogP contribution in [-0.4, -0.2) is 249 Å². The number of aliphatic hydroxyl groups is 1. The van der Waals surface area contributed by atoms with E-state index in [9.17, 15) is 29.1 Å². The number of hydrogen-bond donors (Lipinski definition) is 2. The third kappa shape index (κ3) is 27.5. The van der Waals surface area contributed by atoms with E-state index in [1.807, 2.05) is 151 Å². The summed E-state index contributed by atoms with van der Waals surface area (Å²) in [5.74, 6) is -4.91. The van der Waals surface area contributed by atoms with Crippen molar-refractivity contribution in [3.05, 3.63) is 215 Å². The first-order valence-electron chi connectivity index (χ1n) is 39.3. The van der Waals surface area contributed by atoms with Gasteiger partial charge in [-0.05, 0) is 88.8 Å². The van der Waals surface area contributed by atoms with Crippen molar-refractivity contribution >= 4 is 35.6 Å². The average Bonchev–Trinajstić information content (AvgIpc) is 1.60. The molecule has 7 aliphatic rings. The zero-order valence-corrected chi connectivity index (χ0v) is 70.5. The van der Waals surface area contributed by atoms with Gasteiger partial charge in [-0.1, -0.05) is 182 Å². The van der Waals surface area contributed by atoms with Crippen molar-refractivity contribution in [1.82, 2.24) is 0 Å². The molecule has 0 amide bonds. The number of aliphatic carboxylic acids is 1. The van der Waals surface area contributed by atoms with E-state index >= 15 is 0 Å². The van der Waals surface area contributed by atoms with E-state index in [2.05, 4.69) is 72.8 Å². The number of benzene rings is 6. The molecule has 0 bridgehead atoms. The molecule has 30 heteroatoms. The molecule has 652 valence electrons. The molecule has 0 aromatic heterocycles. The van der Waals surface area contributed by atoms with Crippen LogP contribution in [0.4, 0.5) is 0 Å². The Bertz CT molecular complexity index is 3820. The van der Waals surface area contributed by atoms with Crippen LogP contribution in [0.1, 0.15) is 123 Å². The second-order valence-electron chi connectivity index (χ2n) is 29.8. The Morgan fingerprint density at radius 1 is 0.345 bits per heavy atom. The number of rotatable bonds is 30. The van der Waals surface area contributed by atoms with Crippen LogP contribution < -0.4 is 0 Å². The SMILES string of the molecule is CC(=O)O.CC(C)=O.CC1(C)OC2O[C@H](COC(c3ccccc3)(c3ccccc3)c3ccccc3)[C@H](O)[C@H]2O1.COCCO[C@@H]1C(OC(C)=O)C(OC(C)=O)O[C@@H]1COC(C)=O.COCCO[C@H]1[C@@H](COC(C)=O)OC2OC(C)(C)O[C@@H]21.COCCO[C@H]1[C@@H](COC(c2ccccc2)(c2ccccc2)c2ccccc2)OC2OC(C)(C)O[C@@H]21. The molecule has 13 rings (SSSR count). The van der Waals surface area contributed by atoms with Gasteiger partial charge in [0.2, 0.25) is 6.29 Å². The molecule has 30 nitrogen and oxygen atoms in total. The number of hydrogen-bond acceptors (Lipinski definition) is 29. The lowest BCUT2D eigenvalue weighted by atomic mass is 9.80. The molecule has 0 aliphatic carbocycles. The molecule has 7 heterocycles. The molecule has 6 aromatic rings. The van der Waals surface area contributed by atoms with Gasteiger partial charge in [-0.15, -0.1) is 0 Å². The van der Waals surface area contributed by atoms with Gasteiger partial charge in [0, 0.05) is 55.9 Å². The topological polar surface area (TPSA) is 346 Å².